The summed E-state index contributed by atoms with van der Waals surface area (Å²) in [6, 6.07) is 18.3. The second-order valence-electron chi connectivity index (χ2n) is 5.99. The maximum atomic E-state index is 12.2. The summed E-state index contributed by atoms with van der Waals surface area (Å²) in [5.74, 6) is -0.164. The number of carbonyl (C=O) groups is 1. The average molecular weight is 358 g/mol. The molecule has 5 nitrogen and oxygen atoms in total. The van der Waals surface area contributed by atoms with Crippen LogP contribution < -0.4 is 11.5 Å². The second kappa shape index (κ2) is 9.27. The third kappa shape index (κ3) is 5.24. The predicted molar refractivity (Wildman–Crippen MR) is 111 cm³/mol. The first-order valence-electron chi connectivity index (χ1n) is 8.50. The highest BCUT2D eigenvalue weighted by Crippen LogP contribution is 2.21. The van der Waals surface area contributed by atoms with E-state index in [1.54, 1.807) is 19.1 Å². The smallest absolute Gasteiger partial charge is 0.197 e. The molecule has 136 valence electrons. The van der Waals surface area contributed by atoms with E-state index in [2.05, 4.69) is 4.98 Å². The standard InChI is InChI=1S/C20H19N3O.C2H3N/c1-13(21)20(24)19-12-15(17-4-2-3-5-18(17)23-19)9-6-14-7-10-16(22)11-8-14;1-2-3/h2-13H,21-22H2,1H3;1H3. The average Bonchev–Trinajstić information content (AvgIpc) is 2.67. The van der Waals surface area contributed by atoms with E-state index in [0.717, 1.165) is 27.7 Å². The third-order valence-electron chi connectivity index (χ3n) is 3.81. The summed E-state index contributed by atoms with van der Waals surface area (Å²) < 4.78 is 0. The Morgan fingerprint density at radius 1 is 1.15 bits per heavy atom. The Kier molecular flexibility index (Phi) is 6.81. The Labute approximate surface area is 158 Å². The normalized spacial score (nSPS) is 11.5. The lowest BCUT2D eigenvalue weighted by Crippen LogP contribution is -2.27. The number of nitrogen functional groups attached to an aromatic ring is 1. The molecule has 4 N–H and O–H groups in total. The van der Waals surface area contributed by atoms with Gasteiger partial charge in [0.25, 0.3) is 0 Å². The zero-order valence-corrected chi connectivity index (χ0v) is 15.4. The molecule has 1 heterocycles. The highest BCUT2D eigenvalue weighted by molar-refractivity contribution is 6.02. The van der Waals surface area contributed by atoms with Gasteiger partial charge in [0.1, 0.15) is 5.69 Å². The lowest BCUT2D eigenvalue weighted by molar-refractivity contribution is 0.0963. The molecule has 0 amide bonds. The first kappa shape index (κ1) is 19.8. The number of para-hydroxylation sites is 1. The van der Waals surface area contributed by atoms with E-state index in [9.17, 15) is 4.79 Å². The van der Waals surface area contributed by atoms with Gasteiger partial charge in [-0.2, -0.15) is 5.26 Å². The molecule has 0 bridgehead atoms. The van der Waals surface area contributed by atoms with Crippen molar-refractivity contribution in [3.05, 3.63) is 71.4 Å². The van der Waals surface area contributed by atoms with Crippen LogP contribution in [0.4, 0.5) is 5.69 Å². The van der Waals surface area contributed by atoms with Gasteiger partial charge in [0.15, 0.2) is 5.78 Å². The van der Waals surface area contributed by atoms with Crippen molar-refractivity contribution >= 4 is 34.5 Å². The lowest BCUT2D eigenvalue weighted by Gasteiger charge is -2.08. The van der Waals surface area contributed by atoms with Gasteiger partial charge in [0.2, 0.25) is 0 Å². The van der Waals surface area contributed by atoms with E-state index in [1.165, 1.54) is 6.92 Å². The number of hydrogen-bond acceptors (Lipinski definition) is 5. The number of carbonyl (C=O) groups excluding carboxylic acids is 1. The van der Waals surface area contributed by atoms with E-state index >= 15 is 0 Å². The molecule has 1 unspecified atom stereocenters. The molecular weight excluding hydrogens is 336 g/mol. The number of hydrogen-bond donors (Lipinski definition) is 2. The summed E-state index contributed by atoms with van der Waals surface area (Å²) in [5.41, 5.74) is 15.3. The number of rotatable bonds is 4. The number of aromatic nitrogens is 1. The van der Waals surface area contributed by atoms with Crippen molar-refractivity contribution in [1.82, 2.24) is 4.98 Å². The van der Waals surface area contributed by atoms with Crippen molar-refractivity contribution < 1.29 is 4.79 Å². The second-order valence-corrected chi connectivity index (χ2v) is 5.99. The maximum absolute atomic E-state index is 12.2. The Balaban J connectivity index is 0.000000817. The minimum atomic E-state index is -0.576. The van der Waals surface area contributed by atoms with Gasteiger partial charge >= 0.3 is 0 Å². The van der Waals surface area contributed by atoms with Crippen LogP contribution in [0.2, 0.25) is 0 Å². The molecule has 1 aromatic heterocycles. The van der Waals surface area contributed by atoms with E-state index < -0.39 is 6.04 Å². The molecule has 0 aliphatic heterocycles. The summed E-state index contributed by atoms with van der Waals surface area (Å²) in [4.78, 5) is 16.7. The number of nitrogens with zero attached hydrogens (tertiary/aromatic N) is 2. The van der Waals surface area contributed by atoms with Crippen molar-refractivity contribution in [1.29, 1.82) is 5.26 Å². The predicted octanol–water partition coefficient (Wildman–Crippen LogP) is 4.05. The molecule has 2 aromatic carbocycles. The van der Waals surface area contributed by atoms with E-state index in [-0.39, 0.29) is 5.78 Å². The van der Waals surface area contributed by atoms with Crippen LogP contribution in [0.5, 0.6) is 0 Å². The molecule has 5 heteroatoms. The van der Waals surface area contributed by atoms with Crippen molar-refractivity contribution in [2.75, 3.05) is 5.73 Å². The first-order chi connectivity index (χ1) is 13.0. The minimum Gasteiger partial charge on any atom is -0.399 e. The van der Waals surface area contributed by atoms with Crippen LogP contribution in [-0.2, 0) is 0 Å². The number of pyridine rings is 1. The summed E-state index contributed by atoms with van der Waals surface area (Å²) in [6.07, 6.45) is 3.97. The molecule has 0 fully saturated rings. The van der Waals surface area contributed by atoms with Crippen molar-refractivity contribution in [3.63, 3.8) is 0 Å². The highest BCUT2D eigenvalue weighted by Gasteiger charge is 2.14. The van der Waals surface area contributed by atoms with Crippen molar-refractivity contribution in [2.24, 2.45) is 5.73 Å². The van der Waals surface area contributed by atoms with Crippen LogP contribution in [0.25, 0.3) is 23.1 Å². The Morgan fingerprint density at radius 3 is 2.41 bits per heavy atom. The van der Waals surface area contributed by atoms with E-state index in [4.69, 9.17) is 16.7 Å². The number of ketones is 1. The summed E-state index contributed by atoms with van der Waals surface area (Å²) in [5, 5.41) is 8.31. The highest BCUT2D eigenvalue weighted by atomic mass is 16.1. The zero-order valence-electron chi connectivity index (χ0n) is 15.4. The summed E-state index contributed by atoms with van der Waals surface area (Å²) >= 11 is 0. The van der Waals surface area contributed by atoms with Crippen LogP contribution in [0.15, 0.2) is 54.6 Å². The Bertz CT molecular complexity index is 999. The van der Waals surface area contributed by atoms with Gasteiger partial charge in [-0.3, -0.25) is 4.79 Å². The molecule has 0 radical (unpaired) electrons. The van der Waals surface area contributed by atoms with E-state index in [1.807, 2.05) is 60.7 Å². The quantitative estimate of drug-likeness (QED) is 0.540. The third-order valence-corrected chi connectivity index (χ3v) is 3.81. The van der Waals surface area contributed by atoms with E-state index in [0.29, 0.717) is 5.69 Å². The van der Waals surface area contributed by atoms with Crippen LogP contribution >= 0.6 is 0 Å². The number of benzene rings is 2. The summed E-state index contributed by atoms with van der Waals surface area (Å²) in [7, 11) is 0. The van der Waals surface area contributed by atoms with Gasteiger partial charge in [-0.05, 0) is 42.3 Å². The van der Waals surface area contributed by atoms with Crippen molar-refractivity contribution in [3.8, 4) is 6.07 Å². The molecule has 0 saturated heterocycles. The van der Waals surface area contributed by atoms with Gasteiger partial charge in [0.05, 0.1) is 17.6 Å². The van der Waals surface area contributed by atoms with Gasteiger partial charge in [-0.15, -0.1) is 0 Å². The van der Waals surface area contributed by atoms with Gasteiger partial charge in [0, 0.05) is 18.0 Å². The minimum absolute atomic E-state index is 0.164. The molecule has 3 rings (SSSR count). The molecule has 1 atom stereocenters. The van der Waals surface area contributed by atoms with Crippen LogP contribution in [0.3, 0.4) is 0 Å². The molecule has 0 spiro atoms. The van der Waals surface area contributed by atoms with Gasteiger partial charge < -0.3 is 11.5 Å². The Hall–Kier alpha value is -3.49. The van der Waals surface area contributed by atoms with Crippen LogP contribution in [0, 0.1) is 11.3 Å². The number of Topliss-reactive ketones (excluding diaryl/α,β-unsaturated/α-hetero) is 1. The van der Waals surface area contributed by atoms with Crippen LogP contribution in [0.1, 0.15) is 35.5 Å². The first-order valence-corrected chi connectivity index (χ1v) is 8.50. The molecule has 0 aliphatic rings. The molecular formula is C22H22N4O. The fraction of sp³-hybridized carbons (Fsp3) is 0.136. The molecule has 0 saturated carbocycles. The number of nitrogens with two attached hydrogens (primary N) is 2. The topological polar surface area (TPSA) is 106 Å². The van der Waals surface area contributed by atoms with Gasteiger partial charge in [-0.25, -0.2) is 4.98 Å². The molecule has 0 aliphatic carbocycles. The number of nitriles is 1. The molecule has 27 heavy (non-hydrogen) atoms. The SMILES string of the molecule is CC#N.CC(N)C(=O)c1cc(C=Cc2ccc(N)cc2)c2ccccc2n1. The fourth-order valence-corrected chi connectivity index (χ4v) is 2.49. The number of fused-ring (bicyclic) bond motifs is 1. The van der Waals surface area contributed by atoms with Gasteiger partial charge in [-0.1, -0.05) is 42.5 Å². The molecule has 3 aromatic rings. The van der Waals surface area contributed by atoms with Crippen LogP contribution in [-0.4, -0.2) is 16.8 Å². The van der Waals surface area contributed by atoms with Crippen molar-refractivity contribution in [2.45, 2.75) is 19.9 Å². The fourth-order valence-electron chi connectivity index (χ4n) is 2.49. The monoisotopic (exact) mass is 358 g/mol. The largest absolute Gasteiger partial charge is 0.399 e. The Morgan fingerprint density at radius 2 is 1.78 bits per heavy atom. The zero-order chi connectivity index (χ0) is 19.8. The number of anilines is 1. The maximum Gasteiger partial charge on any atom is 0.197 e. The summed E-state index contributed by atoms with van der Waals surface area (Å²) in [6.45, 7) is 3.10. The lowest BCUT2D eigenvalue weighted by atomic mass is 10.0.